The van der Waals surface area contributed by atoms with E-state index in [4.69, 9.17) is 18.9 Å². The average Bonchev–Trinajstić information content (AvgIpc) is 2.59. The van der Waals surface area contributed by atoms with Gasteiger partial charge in [0, 0.05) is 12.8 Å². The number of hydrogen-bond acceptors (Lipinski definition) is 7. The first-order valence-electron chi connectivity index (χ1n) is 38.9. The van der Waals surface area contributed by atoms with Crippen molar-refractivity contribution in [2.24, 2.45) is 0 Å². The molecule has 97 heavy (non-hydrogen) atoms. The second-order valence-corrected chi connectivity index (χ2v) is 26.6. The molecule has 0 aliphatic heterocycles. The minimum atomic E-state index is -1.53. The van der Waals surface area contributed by atoms with Crippen LogP contribution in [0.5, 0.6) is 0 Å². The maximum Gasteiger partial charge on any atom is 0.361 e. The highest BCUT2D eigenvalue weighted by molar-refractivity contribution is 5.71. The molecule has 0 fully saturated rings. The molecule has 0 rings (SSSR count). The zero-order valence-electron chi connectivity index (χ0n) is 62.7. The molecule has 2 atom stereocenters. The molecule has 9 nitrogen and oxygen atoms in total. The van der Waals surface area contributed by atoms with Crippen LogP contribution in [0, 0.1) is 0 Å². The van der Waals surface area contributed by atoms with Crippen LogP contribution in [0.4, 0.5) is 0 Å². The van der Waals surface area contributed by atoms with E-state index in [2.05, 4.69) is 196 Å². The van der Waals surface area contributed by atoms with E-state index in [0.29, 0.717) is 17.4 Å². The Balaban J connectivity index is 4.12. The third kappa shape index (κ3) is 77.6. The number of likely N-dealkylation sites (N-methyl/N-ethyl adjacent to an activating group) is 1. The lowest BCUT2D eigenvalue weighted by Crippen LogP contribution is -2.40. The molecular weight excluding hydrogens is 1200 g/mol. The average molecular weight is 1340 g/mol. The number of nitrogens with zero attached hydrogens (tertiary/aromatic N) is 1. The van der Waals surface area contributed by atoms with E-state index >= 15 is 0 Å². The van der Waals surface area contributed by atoms with Crippen LogP contribution in [0.3, 0.4) is 0 Å². The number of carbonyl (C=O) groups excluding carboxylic acids is 2. The Morgan fingerprint density at radius 3 is 0.825 bits per heavy atom. The van der Waals surface area contributed by atoms with Gasteiger partial charge in [-0.2, -0.15) is 0 Å². The van der Waals surface area contributed by atoms with Crippen molar-refractivity contribution in [1.82, 2.24) is 0 Å². The number of allylic oxidation sites excluding steroid dienone is 30. The summed E-state index contributed by atoms with van der Waals surface area (Å²) in [6.07, 6.45) is 113. The number of rotatable bonds is 70. The van der Waals surface area contributed by atoms with Crippen LogP contribution in [0.1, 0.15) is 296 Å². The molecular formula is C88H144NO8+. The molecule has 0 amide bonds. The van der Waals surface area contributed by atoms with Gasteiger partial charge in [-0.25, -0.2) is 4.79 Å². The fraction of sp³-hybridized carbons (Fsp3) is 0.625. The van der Waals surface area contributed by atoms with Crippen LogP contribution >= 0.6 is 0 Å². The van der Waals surface area contributed by atoms with Gasteiger partial charge < -0.3 is 28.5 Å². The van der Waals surface area contributed by atoms with Crippen LogP contribution in [0.25, 0.3) is 0 Å². The second-order valence-electron chi connectivity index (χ2n) is 26.6. The molecule has 0 aliphatic carbocycles. The third-order valence-electron chi connectivity index (χ3n) is 16.2. The number of esters is 2. The Kier molecular flexibility index (Phi) is 71.7. The Morgan fingerprint density at radius 2 is 0.557 bits per heavy atom. The fourth-order valence-corrected chi connectivity index (χ4v) is 10.3. The van der Waals surface area contributed by atoms with Gasteiger partial charge in [-0.15, -0.1) is 0 Å². The summed E-state index contributed by atoms with van der Waals surface area (Å²) in [5.41, 5.74) is 0. The summed E-state index contributed by atoms with van der Waals surface area (Å²) in [5, 5.41) is 9.77. The van der Waals surface area contributed by atoms with Crippen LogP contribution in [-0.4, -0.2) is 87.4 Å². The predicted octanol–water partition coefficient (Wildman–Crippen LogP) is 25.1. The van der Waals surface area contributed by atoms with E-state index in [-0.39, 0.29) is 38.6 Å². The number of carboxylic acid groups (broad SMARTS) is 1. The summed E-state index contributed by atoms with van der Waals surface area (Å²) in [7, 11) is 5.97. The molecule has 2 unspecified atom stereocenters. The summed E-state index contributed by atoms with van der Waals surface area (Å²) in [5.74, 6) is -2.04. The van der Waals surface area contributed by atoms with E-state index in [1.165, 1.54) is 116 Å². The lowest BCUT2D eigenvalue weighted by molar-refractivity contribution is -0.870. The minimum Gasteiger partial charge on any atom is -0.477 e. The van der Waals surface area contributed by atoms with Crippen LogP contribution < -0.4 is 0 Å². The molecule has 0 aliphatic rings. The van der Waals surface area contributed by atoms with Crippen molar-refractivity contribution in [2.45, 2.75) is 309 Å². The SMILES string of the molecule is CC/C=C\C/C=C\C/C=C\C/C=C\C/C=C\C/C=C\C/C=C\C/C=C\C/C=C\CCCCCCCC(=O)OC(COC(=O)CCCCCCCCCCCCCCCCCCCCCC/C=C\C/C=C\C/C=C\C/C=C\C/C=C\C/C=C\CC)COC(OCC[N+](C)(C)C)C(=O)O. The topological polar surface area (TPSA) is 108 Å². The van der Waals surface area contributed by atoms with Crippen molar-refractivity contribution in [3.63, 3.8) is 0 Å². The Bertz CT molecular complexity index is 2260. The van der Waals surface area contributed by atoms with Crippen molar-refractivity contribution in [3.8, 4) is 0 Å². The first kappa shape index (κ1) is 91.4. The Morgan fingerprint density at radius 1 is 0.309 bits per heavy atom. The molecule has 0 saturated heterocycles. The van der Waals surface area contributed by atoms with E-state index < -0.39 is 24.3 Å². The molecule has 0 aromatic heterocycles. The molecule has 0 heterocycles. The van der Waals surface area contributed by atoms with Gasteiger partial charge in [-0.3, -0.25) is 9.59 Å². The summed E-state index contributed by atoms with van der Waals surface area (Å²) in [4.78, 5) is 37.7. The van der Waals surface area contributed by atoms with Gasteiger partial charge in [0.05, 0.1) is 34.4 Å². The highest BCUT2D eigenvalue weighted by atomic mass is 16.7. The number of ether oxygens (including phenoxy) is 4. The first-order valence-corrected chi connectivity index (χ1v) is 38.9. The van der Waals surface area contributed by atoms with Crippen molar-refractivity contribution in [1.29, 1.82) is 0 Å². The fourth-order valence-electron chi connectivity index (χ4n) is 10.3. The molecule has 0 spiro atoms. The van der Waals surface area contributed by atoms with Crippen molar-refractivity contribution in [3.05, 3.63) is 182 Å². The maximum atomic E-state index is 13.0. The van der Waals surface area contributed by atoms with E-state index in [0.717, 1.165) is 148 Å². The van der Waals surface area contributed by atoms with E-state index in [1.54, 1.807) is 0 Å². The lowest BCUT2D eigenvalue weighted by Gasteiger charge is -2.25. The third-order valence-corrected chi connectivity index (χ3v) is 16.2. The number of unbranched alkanes of at least 4 members (excludes halogenated alkanes) is 25. The highest BCUT2D eigenvalue weighted by Gasteiger charge is 2.25. The largest absolute Gasteiger partial charge is 0.477 e. The van der Waals surface area contributed by atoms with E-state index in [9.17, 15) is 19.5 Å². The summed E-state index contributed by atoms with van der Waals surface area (Å²) >= 11 is 0. The van der Waals surface area contributed by atoms with Gasteiger partial charge in [0.1, 0.15) is 13.2 Å². The normalized spacial score (nSPS) is 13.7. The molecule has 548 valence electrons. The van der Waals surface area contributed by atoms with Gasteiger partial charge in [-0.1, -0.05) is 331 Å². The zero-order valence-corrected chi connectivity index (χ0v) is 62.7. The number of quaternary nitrogens is 1. The zero-order chi connectivity index (χ0) is 70.4. The lowest BCUT2D eigenvalue weighted by atomic mass is 10.0. The first-order chi connectivity index (χ1) is 47.6. The second kappa shape index (κ2) is 76.1. The van der Waals surface area contributed by atoms with Gasteiger partial charge in [-0.05, 0) is 135 Å². The highest BCUT2D eigenvalue weighted by Crippen LogP contribution is 2.17. The maximum absolute atomic E-state index is 13.0. The number of carboxylic acids is 1. The molecule has 0 aromatic rings. The smallest absolute Gasteiger partial charge is 0.361 e. The minimum absolute atomic E-state index is 0.176. The summed E-state index contributed by atoms with van der Waals surface area (Å²) < 4.78 is 23.0. The van der Waals surface area contributed by atoms with Crippen molar-refractivity contribution in [2.75, 3.05) is 47.5 Å². The van der Waals surface area contributed by atoms with E-state index in [1.807, 2.05) is 21.1 Å². The molecule has 0 saturated carbocycles. The predicted molar refractivity (Wildman–Crippen MR) is 419 cm³/mol. The van der Waals surface area contributed by atoms with Crippen molar-refractivity contribution >= 4 is 17.9 Å². The van der Waals surface area contributed by atoms with Gasteiger partial charge in [0.15, 0.2) is 6.10 Å². The monoisotopic (exact) mass is 1340 g/mol. The number of hydrogen-bond donors (Lipinski definition) is 1. The molecule has 1 N–H and O–H groups in total. The molecule has 0 radical (unpaired) electrons. The summed E-state index contributed by atoms with van der Waals surface area (Å²) in [6, 6.07) is 0. The van der Waals surface area contributed by atoms with Crippen LogP contribution in [0.2, 0.25) is 0 Å². The molecule has 9 heteroatoms. The van der Waals surface area contributed by atoms with Gasteiger partial charge in [0.25, 0.3) is 6.29 Å². The number of carbonyl (C=O) groups is 3. The van der Waals surface area contributed by atoms with Crippen LogP contribution in [-0.2, 0) is 33.3 Å². The molecule has 0 aromatic carbocycles. The van der Waals surface area contributed by atoms with Crippen molar-refractivity contribution < 1.29 is 42.9 Å². The van der Waals surface area contributed by atoms with Gasteiger partial charge >= 0.3 is 17.9 Å². The quantitative estimate of drug-likeness (QED) is 0.0211. The Hall–Kier alpha value is -5.61. The van der Waals surface area contributed by atoms with Crippen LogP contribution in [0.15, 0.2) is 182 Å². The Labute approximate surface area is 596 Å². The standard InChI is InChI=1S/C88H143NO8/c1-6-8-10-12-14-16-18-20-22-24-26-28-30-32-34-36-38-40-41-42-43-44-45-47-48-50-52-54-56-58-60-62-64-66-68-70-72-74-76-78-85(90)95-82-84(83-96-88(87(92)93)94-81-80-89(3,4)5)97-86(91)79-77-75-73-71-69-67-65-63-61-59-57-55-53-51-49-46-39-37-35-33-31-29-27-25-23-21-19-17-15-13-11-9-7-2/h8-11,14-17,20-23,26-29,32-35,38-40,46,51,53,57,59,63,65,84,88H,6-7,12-13,18-19,24-25,30-31,36-37,41-45,47-50,52,54-56,58,60-62,64,66-83H2,1-5H3/p+1/b10-8-,11-9-,16-14-,17-15-,22-20-,23-21-,28-26-,29-27-,34-32-,35-33-,40-38-,46-39-,53-51-,59-57-,65-63-. The summed E-state index contributed by atoms with van der Waals surface area (Å²) in [6.45, 7) is 4.63. The molecule has 0 bridgehead atoms. The van der Waals surface area contributed by atoms with Gasteiger partial charge in [0.2, 0.25) is 0 Å². The number of aliphatic carboxylic acids is 1.